The van der Waals surface area contributed by atoms with Gasteiger partial charge in [-0.2, -0.15) is 0 Å². The topological polar surface area (TPSA) is 197 Å². The van der Waals surface area contributed by atoms with E-state index in [0.717, 1.165) is 19.3 Å². The van der Waals surface area contributed by atoms with E-state index in [1.165, 1.54) is 11.3 Å². The van der Waals surface area contributed by atoms with E-state index in [1.54, 1.807) is 0 Å². The first-order chi connectivity index (χ1) is 21.7. The molecule has 2 fully saturated rings. The molecule has 4 atom stereocenters. The molecular weight excluding hydrogens is 610 g/mol. The molecule has 45 heavy (non-hydrogen) atoms. The number of amides is 4. The van der Waals surface area contributed by atoms with Gasteiger partial charge in [-0.15, -0.1) is 0 Å². The standard InChI is InChI=1S/C26H47N5O10S.C3H8/c32-19-6-4-12-38-25(19)40-14-10-28-23(36)17-31(16-22(35)27-9-3-1-2-8-21(34)30-42)18-24(37)29-11-15-41-26-20(33)7-5-13-39-26;1-3-2/h19-20,25-26,32-33,42H,1-18H2,(H,27,35)(H,28,36)(H,29,37)(H,30,34);3H2,1-2H3. The summed E-state index contributed by atoms with van der Waals surface area (Å²) in [4.78, 5) is 50.3. The molecule has 6 N–H and O–H groups in total. The van der Waals surface area contributed by atoms with Crippen LogP contribution < -0.4 is 20.7 Å². The lowest BCUT2D eigenvalue weighted by molar-refractivity contribution is -0.213. The summed E-state index contributed by atoms with van der Waals surface area (Å²) in [5, 5.41) is 27.9. The van der Waals surface area contributed by atoms with Crippen molar-refractivity contribution < 1.29 is 48.3 Å². The lowest BCUT2D eigenvalue weighted by Crippen LogP contribution is -2.48. The number of aliphatic hydroxyl groups excluding tert-OH is 2. The van der Waals surface area contributed by atoms with Crippen LogP contribution >= 0.6 is 12.8 Å². The molecule has 2 aliphatic heterocycles. The van der Waals surface area contributed by atoms with Crippen LogP contribution in [0.25, 0.3) is 0 Å². The fraction of sp³-hybridized carbons (Fsp3) is 0.862. The number of nitrogens with zero attached hydrogens (tertiary/aromatic N) is 1. The van der Waals surface area contributed by atoms with Crippen LogP contribution in [-0.4, -0.2) is 129 Å². The van der Waals surface area contributed by atoms with Gasteiger partial charge in [0.1, 0.15) is 12.2 Å². The maximum atomic E-state index is 12.6. The molecule has 2 aliphatic rings. The number of hydrogen-bond donors (Lipinski definition) is 7. The summed E-state index contributed by atoms with van der Waals surface area (Å²) in [6.45, 7) is 5.64. The van der Waals surface area contributed by atoms with Crippen molar-refractivity contribution in [1.29, 1.82) is 0 Å². The second-order valence-corrected chi connectivity index (χ2v) is 11.1. The van der Waals surface area contributed by atoms with Crippen LogP contribution in [0.3, 0.4) is 0 Å². The monoisotopic (exact) mass is 665 g/mol. The summed E-state index contributed by atoms with van der Waals surface area (Å²) in [6.07, 6.45) is 3.51. The van der Waals surface area contributed by atoms with E-state index in [1.807, 2.05) is 0 Å². The van der Waals surface area contributed by atoms with Gasteiger partial charge in [0, 0.05) is 39.3 Å². The Bertz CT molecular complexity index is 799. The first kappa shape index (κ1) is 41.0. The Morgan fingerprint density at radius 3 is 1.60 bits per heavy atom. The summed E-state index contributed by atoms with van der Waals surface area (Å²) in [7, 11) is 0. The minimum atomic E-state index is -0.725. The molecule has 4 amide bonds. The molecule has 0 bridgehead atoms. The molecule has 0 spiro atoms. The predicted octanol–water partition coefficient (Wildman–Crippen LogP) is -0.397. The first-order valence-electron chi connectivity index (χ1n) is 16.0. The summed E-state index contributed by atoms with van der Waals surface area (Å²) in [5.74, 6) is -1.31. The molecule has 0 radical (unpaired) electrons. The van der Waals surface area contributed by atoms with Crippen molar-refractivity contribution in [2.24, 2.45) is 0 Å². The third kappa shape index (κ3) is 20.6. The number of aliphatic hydroxyl groups is 2. The summed E-state index contributed by atoms with van der Waals surface area (Å²) in [6, 6.07) is 0. The molecule has 16 heteroatoms. The van der Waals surface area contributed by atoms with Crippen molar-refractivity contribution in [3.05, 3.63) is 0 Å². The van der Waals surface area contributed by atoms with Crippen molar-refractivity contribution in [1.82, 2.24) is 25.6 Å². The fourth-order valence-corrected chi connectivity index (χ4v) is 4.46. The number of ether oxygens (including phenoxy) is 4. The molecular formula is C29H55N5O10S. The summed E-state index contributed by atoms with van der Waals surface area (Å²) < 4.78 is 24.0. The SMILES string of the molecule is CCC.O=C(CCCCCNC(=O)CN(CC(=O)NCCOC1OCCCC1O)CC(=O)NCCOC1OCCCC1O)NS. The predicted molar refractivity (Wildman–Crippen MR) is 169 cm³/mol. The highest BCUT2D eigenvalue weighted by molar-refractivity contribution is 7.78. The minimum Gasteiger partial charge on any atom is -0.388 e. The zero-order valence-electron chi connectivity index (χ0n) is 26.8. The number of hydrogen-bond acceptors (Lipinski definition) is 12. The van der Waals surface area contributed by atoms with Gasteiger partial charge in [0.15, 0.2) is 12.6 Å². The second kappa shape index (κ2) is 26.1. The van der Waals surface area contributed by atoms with Crippen molar-refractivity contribution in [3.63, 3.8) is 0 Å². The second-order valence-electron chi connectivity index (χ2n) is 10.9. The Labute approximate surface area is 272 Å². The van der Waals surface area contributed by atoms with E-state index in [9.17, 15) is 29.4 Å². The van der Waals surface area contributed by atoms with E-state index in [2.05, 4.69) is 47.3 Å². The maximum absolute atomic E-state index is 12.6. The lowest BCUT2D eigenvalue weighted by atomic mass is 10.1. The van der Waals surface area contributed by atoms with Crippen LogP contribution in [0.15, 0.2) is 0 Å². The Balaban J connectivity index is 0.00000324. The molecule has 15 nitrogen and oxygen atoms in total. The van der Waals surface area contributed by atoms with Gasteiger partial charge >= 0.3 is 0 Å². The number of nitrogens with one attached hydrogen (secondary N) is 4. The van der Waals surface area contributed by atoms with Gasteiger partial charge in [0.25, 0.3) is 0 Å². The quantitative estimate of drug-likeness (QED) is 0.0660. The third-order valence-electron chi connectivity index (χ3n) is 6.52. The van der Waals surface area contributed by atoms with Crippen molar-refractivity contribution in [3.8, 4) is 0 Å². The molecule has 262 valence electrons. The van der Waals surface area contributed by atoms with Crippen molar-refractivity contribution >= 4 is 36.4 Å². The summed E-state index contributed by atoms with van der Waals surface area (Å²) >= 11 is 3.70. The van der Waals surface area contributed by atoms with E-state index < -0.39 is 36.6 Å². The normalized spacial score (nSPS) is 21.3. The van der Waals surface area contributed by atoms with Crippen LogP contribution in [-0.2, 0) is 38.1 Å². The number of unbranched alkanes of at least 4 members (excludes halogenated alkanes) is 2. The smallest absolute Gasteiger partial charge is 0.234 e. The Kier molecular flexibility index (Phi) is 23.7. The molecule has 0 saturated carbocycles. The van der Waals surface area contributed by atoms with E-state index in [0.29, 0.717) is 51.9 Å². The van der Waals surface area contributed by atoms with Crippen molar-refractivity contribution in [2.75, 3.05) is 65.7 Å². The highest BCUT2D eigenvalue weighted by Gasteiger charge is 2.25. The Morgan fingerprint density at radius 2 is 1.18 bits per heavy atom. The third-order valence-corrected chi connectivity index (χ3v) is 6.77. The lowest BCUT2D eigenvalue weighted by Gasteiger charge is -2.28. The van der Waals surface area contributed by atoms with Crippen LogP contribution in [0.4, 0.5) is 0 Å². The maximum Gasteiger partial charge on any atom is 0.234 e. The molecule has 2 rings (SSSR count). The fourth-order valence-electron chi connectivity index (χ4n) is 4.34. The molecule has 2 saturated heterocycles. The Hall–Kier alpha value is -2.05. The van der Waals surface area contributed by atoms with Gasteiger partial charge < -0.3 is 49.8 Å². The summed E-state index contributed by atoms with van der Waals surface area (Å²) in [5.41, 5.74) is 0. The number of rotatable bonds is 20. The highest BCUT2D eigenvalue weighted by atomic mass is 32.1. The van der Waals surface area contributed by atoms with Crippen LogP contribution in [0, 0.1) is 0 Å². The van der Waals surface area contributed by atoms with Crippen molar-refractivity contribution in [2.45, 2.75) is 96.4 Å². The van der Waals surface area contributed by atoms with Crippen LogP contribution in [0.5, 0.6) is 0 Å². The molecule has 4 unspecified atom stereocenters. The van der Waals surface area contributed by atoms with Gasteiger partial charge in [-0.05, 0) is 38.5 Å². The number of carbonyl (C=O) groups excluding carboxylic acids is 4. The Morgan fingerprint density at radius 1 is 0.733 bits per heavy atom. The van der Waals surface area contributed by atoms with Gasteiger partial charge in [-0.25, -0.2) is 0 Å². The molecule has 0 aromatic rings. The van der Waals surface area contributed by atoms with E-state index >= 15 is 0 Å². The number of carbonyl (C=O) groups is 4. The van der Waals surface area contributed by atoms with Crippen LogP contribution in [0.2, 0.25) is 0 Å². The van der Waals surface area contributed by atoms with Gasteiger partial charge in [0.05, 0.1) is 32.8 Å². The zero-order valence-corrected chi connectivity index (χ0v) is 27.7. The van der Waals surface area contributed by atoms with Gasteiger partial charge in [-0.3, -0.25) is 24.1 Å². The average molecular weight is 666 g/mol. The van der Waals surface area contributed by atoms with Crippen LogP contribution in [0.1, 0.15) is 71.6 Å². The van der Waals surface area contributed by atoms with E-state index in [-0.39, 0.29) is 57.8 Å². The zero-order chi connectivity index (χ0) is 33.3. The van der Waals surface area contributed by atoms with Gasteiger partial charge in [0.2, 0.25) is 23.6 Å². The van der Waals surface area contributed by atoms with E-state index in [4.69, 9.17) is 18.9 Å². The largest absolute Gasteiger partial charge is 0.388 e. The average Bonchev–Trinajstić information content (AvgIpc) is 3.01. The molecule has 0 aliphatic carbocycles. The molecule has 2 heterocycles. The molecule has 0 aromatic heterocycles. The molecule has 0 aromatic carbocycles. The highest BCUT2D eigenvalue weighted by Crippen LogP contribution is 2.15. The van der Waals surface area contributed by atoms with Gasteiger partial charge in [-0.1, -0.05) is 39.5 Å². The minimum absolute atomic E-state index is 0.128. The number of thiol groups is 1. The first-order valence-corrected chi connectivity index (χ1v) is 16.4.